The van der Waals surface area contributed by atoms with Gasteiger partial charge in [0.15, 0.2) is 15.9 Å². The van der Waals surface area contributed by atoms with Crippen molar-refractivity contribution in [3.63, 3.8) is 0 Å². The van der Waals surface area contributed by atoms with Gasteiger partial charge in [-0.2, -0.15) is 10.5 Å². The number of halogens is 3. The van der Waals surface area contributed by atoms with Gasteiger partial charge in [-0.25, -0.2) is 53.4 Å². The minimum absolute atomic E-state index is 0. The SMILES string of the molecule is C.CCc1nc2ccc(-c3cnc(N4CCN(C(=O)C5(O)CC5)CC4)nc3)cn2c1N(C)c1nc(-c2ccc(F)cc2)c(C#N)s1.CCc1nc2ccc(-c3cnc(N4CCNCC4)nc3)cn2c1N(C)c1nc(-c2ccc(F)cc2)c(C#N)s1.O=C(O)C1(O)CC1.[2H]CF. The van der Waals surface area contributed by atoms with Crippen LogP contribution in [0.15, 0.2) is 110 Å². The Morgan fingerprint density at radius 3 is 1.34 bits per heavy atom. The lowest BCUT2D eigenvalue weighted by molar-refractivity contribution is -0.149. The number of anilines is 6. The summed E-state index contributed by atoms with van der Waals surface area (Å²) in [5, 5.41) is 51.1. The maximum atomic E-state index is 13.5. The Morgan fingerprint density at radius 1 is 0.606 bits per heavy atom. The number of nitrogens with one attached hydrogen (secondary N) is 1. The molecule has 14 rings (SSSR count). The standard InChI is InChI=1S/C32H30FN9O2S.C28H26FN9S.C4H6O3.CH3F.CH4/c1-3-24-28(39(2)31-38-27(25(16-34)45-31)20-4-7-23(33)8-5-20)42-19-21(6-9-26(42)37-24)22-17-35-30(36-18-22)41-14-12-40(13-15-41)29(43)32(44)10-11-32;1-3-22-26(36(2)28-35-25(23(14-30)39-28)18-4-7-21(29)8-5-18)38-17-19(6-9-24(38)34-22)20-15-32-27(33-16-20)37-12-10-31-11-13-37;5-3(6)4(7)1-2-4;1-2;/h4-9,17-19,44H,3,10-15H2,1-2H3;4-9,15-17,31H,3,10-13H2,1-2H3;7H,1-2H2,(H,5,6);1H3;1H4/i;;;1D;. The van der Waals surface area contributed by atoms with Gasteiger partial charge in [0.05, 0.1) is 19.9 Å². The highest BCUT2D eigenvalue weighted by molar-refractivity contribution is 7.17. The first-order valence-corrected chi connectivity index (χ1v) is 31.5. The Morgan fingerprint density at radius 2 is 0.989 bits per heavy atom. The minimum atomic E-state index is -1.33. The molecule has 2 saturated carbocycles. The number of carbonyl (C=O) groups is 2. The van der Waals surface area contributed by atoms with Crippen LogP contribution >= 0.6 is 22.7 Å². The van der Waals surface area contributed by atoms with Crippen LogP contribution < -0.4 is 24.9 Å². The number of aryl methyl sites for hydroxylation is 2. The van der Waals surface area contributed by atoms with E-state index in [4.69, 9.17) is 31.5 Å². The van der Waals surface area contributed by atoms with Crippen molar-refractivity contribution in [3.8, 4) is 56.9 Å². The van der Waals surface area contributed by atoms with Crippen LogP contribution in [0.3, 0.4) is 0 Å². The van der Waals surface area contributed by atoms with E-state index in [1.165, 1.54) is 46.9 Å². The minimum Gasteiger partial charge on any atom is -0.479 e. The van der Waals surface area contributed by atoms with E-state index in [-0.39, 0.29) is 25.0 Å². The molecule has 8 aromatic heterocycles. The predicted octanol–water partition coefficient (Wildman–Crippen LogP) is 9.91. The third-order valence-electron chi connectivity index (χ3n) is 16.3. The van der Waals surface area contributed by atoms with Gasteiger partial charge in [-0.15, -0.1) is 0 Å². The number of aromatic nitrogens is 10. The molecule has 4 N–H and O–H groups in total. The van der Waals surface area contributed by atoms with E-state index in [2.05, 4.69) is 49.2 Å². The van der Waals surface area contributed by atoms with Gasteiger partial charge in [0.25, 0.3) is 5.91 Å². The second kappa shape index (κ2) is 28.5. The van der Waals surface area contributed by atoms with Gasteiger partial charge < -0.3 is 45.1 Å². The number of carbonyl (C=O) groups excluding carboxylic acids is 1. The number of benzene rings is 2. The fourth-order valence-corrected chi connectivity index (χ4v) is 12.4. The zero-order chi connectivity index (χ0) is 66.4. The Balaban J connectivity index is 0.000000180. The maximum Gasteiger partial charge on any atom is 0.335 e. The lowest BCUT2D eigenvalue weighted by atomic mass is 10.1. The number of imidazole rings is 2. The van der Waals surface area contributed by atoms with E-state index >= 15 is 0 Å². The van der Waals surface area contributed by atoms with Crippen molar-refractivity contribution in [2.24, 2.45) is 0 Å². The van der Waals surface area contributed by atoms with Crippen molar-refractivity contribution in [1.82, 2.24) is 58.9 Å². The predicted molar refractivity (Wildman–Crippen MR) is 355 cm³/mol. The highest BCUT2D eigenvalue weighted by atomic mass is 32.1. The van der Waals surface area contributed by atoms with Crippen molar-refractivity contribution in [2.45, 2.75) is 71.0 Å². The van der Waals surface area contributed by atoms with Crippen LogP contribution in [0.2, 0.25) is 0 Å². The van der Waals surface area contributed by atoms with Gasteiger partial charge in [-0.05, 0) is 111 Å². The van der Waals surface area contributed by atoms with E-state index in [9.17, 15) is 38.4 Å². The van der Waals surface area contributed by atoms with Crippen molar-refractivity contribution < 1.29 is 39.5 Å². The van der Waals surface area contributed by atoms with Gasteiger partial charge in [0, 0.05) is 137 Å². The topological polar surface area (TPSA) is 283 Å². The molecule has 1 amide bonds. The van der Waals surface area contributed by atoms with Crippen LogP contribution in [0, 0.1) is 34.3 Å². The molecule has 2 saturated heterocycles. The van der Waals surface area contributed by atoms with E-state index in [1.54, 1.807) is 41.6 Å². The summed E-state index contributed by atoms with van der Waals surface area (Å²) in [5.74, 6) is 1.11. The number of carboxylic acid groups (broad SMARTS) is 1. The highest BCUT2D eigenvalue weighted by Gasteiger charge is 2.50. The van der Waals surface area contributed by atoms with Gasteiger partial charge in [-0.1, -0.05) is 43.9 Å². The van der Waals surface area contributed by atoms with Crippen molar-refractivity contribution in [1.29, 1.82) is 10.5 Å². The monoisotopic (exact) mass is 1320 g/mol. The van der Waals surface area contributed by atoms with E-state index in [0.29, 0.717) is 107 Å². The molecule has 0 atom stereocenters. The lowest BCUT2D eigenvalue weighted by Gasteiger charge is -2.35. The van der Waals surface area contributed by atoms with Crippen molar-refractivity contribution >= 4 is 79.6 Å². The molecule has 4 aliphatic rings. The fraction of sp³-hybridized carbons (Fsp3) is 0.333. The molecule has 4 fully saturated rings. The lowest BCUT2D eigenvalue weighted by Crippen LogP contribution is -2.52. The second-order valence-corrected chi connectivity index (χ2v) is 24.4. The van der Waals surface area contributed by atoms with Crippen molar-refractivity contribution in [2.75, 3.05) is 93.2 Å². The van der Waals surface area contributed by atoms with Gasteiger partial charge in [0.2, 0.25) is 11.9 Å². The number of fused-ring (bicyclic) bond motifs is 2. The van der Waals surface area contributed by atoms with Gasteiger partial charge >= 0.3 is 5.97 Å². The molecule has 0 spiro atoms. The van der Waals surface area contributed by atoms with Gasteiger partial charge in [0.1, 0.15) is 73.4 Å². The van der Waals surface area contributed by atoms with E-state index < -0.39 is 24.3 Å². The summed E-state index contributed by atoms with van der Waals surface area (Å²) in [7, 11) is 2.83. The second-order valence-electron chi connectivity index (χ2n) is 22.4. The Kier molecular flexibility index (Phi) is 19.9. The number of nitrogens with zero attached hydrogens (tertiary/aromatic N) is 17. The molecular formula is C66H69F3N18O5S2. The Labute approximate surface area is 549 Å². The largest absolute Gasteiger partial charge is 0.479 e. The first-order chi connectivity index (χ1) is 45.4. The van der Waals surface area contributed by atoms with Crippen LogP contribution in [-0.2, 0) is 22.4 Å². The van der Waals surface area contributed by atoms with Crippen LogP contribution in [0.5, 0.6) is 0 Å². The molecule has 23 nitrogen and oxygen atoms in total. The first-order valence-electron chi connectivity index (χ1n) is 30.6. The molecule has 0 unspecified atom stereocenters. The Bertz CT molecular complexity index is 4440. The molecule has 94 heavy (non-hydrogen) atoms. The summed E-state index contributed by atoms with van der Waals surface area (Å²) in [4.78, 5) is 70.9. The molecule has 2 aromatic carbocycles. The zero-order valence-corrected chi connectivity index (χ0v) is 52.8. The average molecular weight is 1320 g/mol. The fourth-order valence-electron chi connectivity index (χ4n) is 10.7. The molecule has 10 aromatic rings. The van der Waals surface area contributed by atoms with Crippen LogP contribution in [-0.4, -0.2) is 166 Å². The summed E-state index contributed by atoms with van der Waals surface area (Å²) < 4.78 is 46.6. The normalized spacial score (nSPS) is 15.1. The number of hydrogen-bond acceptors (Lipinski definition) is 21. The van der Waals surface area contributed by atoms with E-state index in [1.807, 2.05) is 93.6 Å². The van der Waals surface area contributed by atoms with Gasteiger partial charge in [-0.3, -0.25) is 18.0 Å². The number of rotatable bonds is 14. The smallest absolute Gasteiger partial charge is 0.335 e. The van der Waals surface area contributed by atoms with E-state index in [0.717, 1.165) is 95.1 Å². The van der Waals surface area contributed by atoms with Crippen molar-refractivity contribution in [3.05, 3.63) is 143 Å². The number of nitriles is 2. The number of aliphatic carboxylic acids is 1. The molecular weight excluding hydrogens is 1250 g/mol. The quantitative estimate of drug-likeness (QED) is 0.0787. The summed E-state index contributed by atoms with van der Waals surface area (Å²) >= 11 is 2.57. The molecule has 2 aliphatic heterocycles. The summed E-state index contributed by atoms with van der Waals surface area (Å²) in [6.45, 7) is 10.0. The molecule has 486 valence electrons. The maximum absolute atomic E-state index is 13.5. The highest BCUT2D eigenvalue weighted by Crippen LogP contribution is 2.41. The number of hydrogen-bond donors (Lipinski definition) is 4. The third-order valence-corrected chi connectivity index (χ3v) is 18.4. The number of carboxylic acids is 1. The number of piperazine rings is 2. The number of thiazole rings is 2. The summed E-state index contributed by atoms with van der Waals surface area (Å²) in [6.07, 6.45) is 14.7. The molecule has 0 radical (unpaired) electrons. The first kappa shape index (κ1) is 65.5. The molecule has 2 aliphatic carbocycles. The summed E-state index contributed by atoms with van der Waals surface area (Å²) in [6, 6.07) is 24.5. The summed E-state index contributed by atoms with van der Waals surface area (Å²) in [5.41, 5.74) is 6.95. The average Bonchev–Trinajstić information content (AvgIpc) is 1.64. The van der Waals surface area contributed by atoms with Crippen LogP contribution in [0.1, 0.15) is 69.5 Å². The third kappa shape index (κ3) is 14.0. The number of pyridine rings is 2. The number of amides is 1. The molecule has 10 heterocycles. The van der Waals surface area contributed by atoms with Crippen LogP contribution in [0.4, 0.5) is 47.0 Å². The van der Waals surface area contributed by atoms with Crippen LogP contribution in [0.25, 0.3) is 56.1 Å². The number of alkyl halides is 1. The Hall–Kier alpha value is -9.97. The zero-order valence-electron chi connectivity index (χ0n) is 52.2. The molecule has 0 bridgehead atoms. The molecule has 28 heteroatoms. The number of aliphatic hydroxyl groups is 2.